The lowest BCUT2D eigenvalue weighted by molar-refractivity contribution is 0.341. The molecule has 0 aliphatic rings. The zero-order chi connectivity index (χ0) is 10.6. The van der Waals surface area contributed by atoms with Crippen molar-refractivity contribution < 1.29 is 0 Å². The van der Waals surface area contributed by atoms with E-state index in [1.807, 2.05) is 0 Å². The summed E-state index contributed by atoms with van der Waals surface area (Å²) in [5.74, 6) is 1.32. The molecule has 0 aromatic carbocycles. The van der Waals surface area contributed by atoms with E-state index in [1.54, 1.807) is 0 Å². The fourth-order valence-electron chi connectivity index (χ4n) is 1.04. The molecule has 0 aliphatic carbocycles. The summed E-state index contributed by atoms with van der Waals surface area (Å²) < 4.78 is 0. The second-order valence-electron chi connectivity index (χ2n) is 2.94. The first kappa shape index (κ1) is 14.0. The predicted octanol–water partition coefficient (Wildman–Crippen LogP) is 3.29. The zero-order valence-electron chi connectivity index (χ0n) is 8.76. The molecule has 0 saturated heterocycles. The second kappa shape index (κ2) is 11.1. The Morgan fingerprint density at radius 3 is 2.07 bits per heavy atom. The van der Waals surface area contributed by atoms with E-state index in [1.165, 1.54) is 0 Å². The highest BCUT2D eigenvalue weighted by Gasteiger charge is 1.99. The molecule has 0 aromatic heterocycles. The quantitative estimate of drug-likeness (QED) is 0.461. The van der Waals surface area contributed by atoms with Gasteiger partial charge in [0.1, 0.15) is 0 Å². The van der Waals surface area contributed by atoms with E-state index in [2.05, 4.69) is 36.1 Å². The van der Waals surface area contributed by atoms with Crippen molar-refractivity contribution in [2.45, 2.75) is 13.3 Å². The fourth-order valence-corrected chi connectivity index (χ4v) is 1.51. The van der Waals surface area contributed by atoms with Gasteiger partial charge in [-0.05, 0) is 6.42 Å². The van der Waals surface area contributed by atoms with Crippen molar-refractivity contribution in [2.75, 3.05) is 31.4 Å². The summed E-state index contributed by atoms with van der Waals surface area (Å²) in [4.78, 5) is 2.23. The van der Waals surface area contributed by atoms with E-state index >= 15 is 0 Å². The van der Waals surface area contributed by atoms with Crippen LogP contribution in [0.1, 0.15) is 13.3 Å². The number of nitrogens with zero attached hydrogens (tertiary/aromatic N) is 1. The van der Waals surface area contributed by atoms with Crippen molar-refractivity contribution >= 4 is 23.2 Å². The van der Waals surface area contributed by atoms with Crippen LogP contribution in [-0.4, -0.2) is 36.3 Å². The summed E-state index contributed by atoms with van der Waals surface area (Å²) in [6, 6.07) is 0. The molecule has 0 N–H and O–H groups in total. The van der Waals surface area contributed by atoms with Gasteiger partial charge in [0.15, 0.2) is 0 Å². The number of allylic oxidation sites excluding steroid dienone is 3. The minimum absolute atomic E-state index is 0.662. The molecule has 0 heterocycles. The van der Waals surface area contributed by atoms with E-state index in [9.17, 15) is 0 Å². The molecule has 0 unspecified atom stereocenters. The minimum atomic E-state index is 0.662. The zero-order valence-corrected chi connectivity index (χ0v) is 10.3. The van der Waals surface area contributed by atoms with Gasteiger partial charge in [0.2, 0.25) is 0 Å². The Balaban J connectivity index is 3.68. The summed E-state index contributed by atoms with van der Waals surface area (Å²) in [5, 5.41) is 0. The first-order chi connectivity index (χ1) is 6.85. The van der Waals surface area contributed by atoms with E-state index in [0.717, 1.165) is 26.1 Å². The Morgan fingerprint density at radius 2 is 1.57 bits per heavy atom. The Labute approximate surface area is 97.4 Å². The SMILES string of the molecule is CC/C=C\C=C/CN(CCCl)CCCl. The standard InChI is InChI=1S/C11H19Cl2N/c1-2-3-4-5-6-9-14(10-7-12)11-8-13/h3-6H,2,7-11H2,1H3/b4-3-,6-5-. The Hall–Kier alpha value is 0.0200. The van der Waals surface area contributed by atoms with Crippen LogP contribution in [0.25, 0.3) is 0 Å². The van der Waals surface area contributed by atoms with Crippen molar-refractivity contribution in [2.24, 2.45) is 0 Å². The average molecular weight is 236 g/mol. The van der Waals surface area contributed by atoms with Gasteiger partial charge in [-0.2, -0.15) is 0 Å². The van der Waals surface area contributed by atoms with Crippen LogP contribution < -0.4 is 0 Å². The van der Waals surface area contributed by atoms with Crippen LogP contribution in [-0.2, 0) is 0 Å². The van der Waals surface area contributed by atoms with Gasteiger partial charge in [0, 0.05) is 31.4 Å². The van der Waals surface area contributed by atoms with Crippen LogP contribution in [0.5, 0.6) is 0 Å². The Bertz CT molecular complexity index is 161. The van der Waals surface area contributed by atoms with Gasteiger partial charge in [0.25, 0.3) is 0 Å². The van der Waals surface area contributed by atoms with E-state index in [4.69, 9.17) is 23.2 Å². The highest BCUT2D eigenvalue weighted by molar-refractivity contribution is 6.18. The van der Waals surface area contributed by atoms with Gasteiger partial charge in [0.05, 0.1) is 0 Å². The maximum atomic E-state index is 5.67. The number of hydrogen-bond acceptors (Lipinski definition) is 1. The van der Waals surface area contributed by atoms with Crippen molar-refractivity contribution in [1.82, 2.24) is 4.90 Å². The van der Waals surface area contributed by atoms with Crippen LogP contribution >= 0.6 is 23.2 Å². The smallest absolute Gasteiger partial charge is 0.0351 e. The fraction of sp³-hybridized carbons (Fsp3) is 0.636. The number of rotatable bonds is 8. The molecule has 82 valence electrons. The summed E-state index contributed by atoms with van der Waals surface area (Å²) in [6.45, 7) is 4.84. The molecule has 0 aliphatic heterocycles. The van der Waals surface area contributed by atoms with E-state index in [0.29, 0.717) is 11.8 Å². The van der Waals surface area contributed by atoms with Gasteiger partial charge >= 0.3 is 0 Å². The predicted molar refractivity (Wildman–Crippen MR) is 66.5 cm³/mol. The molecular formula is C11H19Cl2N. The van der Waals surface area contributed by atoms with Gasteiger partial charge in [-0.3, -0.25) is 4.90 Å². The molecule has 0 radical (unpaired) electrons. The number of halogens is 2. The highest BCUT2D eigenvalue weighted by atomic mass is 35.5. The highest BCUT2D eigenvalue weighted by Crippen LogP contribution is 1.93. The summed E-state index contributed by atoms with van der Waals surface area (Å²) in [7, 11) is 0. The lowest BCUT2D eigenvalue weighted by atomic mass is 10.3. The molecule has 0 bridgehead atoms. The normalized spacial score (nSPS) is 12.3. The lowest BCUT2D eigenvalue weighted by Crippen LogP contribution is -2.27. The summed E-state index contributed by atoms with van der Waals surface area (Å²) in [6.07, 6.45) is 9.48. The van der Waals surface area contributed by atoms with Crippen LogP contribution in [0.2, 0.25) is 0 Å². The van der Waals surface area contributed by atoms with Gasteiger partial charge in [-0.1, -0.05) is 31.2 Å². The van der Waals surface area contributed by atoms with Crippen LogP contribution in [0.15, 0.2) is 24.3 Å². The number of hydrogen-bond donors (Lipinski definition) is 0. The largest absolute Gasteiger partial charge is 0.297 e. The molecule has 0 amide bonds. The first-order valence-corrected chi connectivity index (χ1v) is 6.08. The molecule has 1 nitrogen and oxygen atoms in total. The lowest BCUT2D eigenvalue weighted by Gasteiger charge is -2.17. The maximum absolute atomic E-state index is 5.67. The van der Waals surface area contributed by atoms with Crippen molar-refractivity contribution in [3.8, 4) is 0 Å². The Kier molecular flexibility index (Phi) is 11.1. The molecule has 3 heteroatoms. The summed E-state index contributed by atoms with van der Waals surface area (Å²) in [5.41, 5.74) is 0. The molecule has 14 heavy (non-hydrogen) atoms. The van der Waals surface area contributed by atoms with E-state index in [-0.39, 0.29) is 0 Å². The molecule has 0 aromatic rings. The maximum Gasteiger partial charge on any atom is 0.0351 e. The minimum Gasteiger partial charge on any atom is -0.297 e. The van der Waals surface area contributed by atoms with Crippen molar-refractivity contribution in [3.63, 3.8) is 0 Å². The van der Waals surface area contributed by atoms with E-state index < -0.39 is 0 Å². The number of alkyl halides is 2. The van der Waals surface area contributed by atoms with Crippen molar-refractivity contribution in [1.29, 1.82) is 0 Å². The molecule has 0 rings (SSSR count). The Morgan fingerprint density at radius 1 is 1.00 bits per heavy atom. The topological polar surface area (TPSA) is 3.24 Å². The molecule has 0 spiro atoms. The monoisotopic (exact) mass is 235 g/mol. The second-order valence-corrected chi connectivity index (χ2v) is 3.70. The van der Waals surface area contributed by atoms with Crippen LogP contribution in [0.3, 0.4) is 0 Å². The third-order valence-electron chi connectivity index (χ3n) is 1.78. The summed E-state index contributed by atoms with van der Waals surface area (Å²) >= 11 is 11.3. The first-order valence-electron chi connectivity index (χ1n) is 5.01. The van der Waals surface area contributed by atoms with Gasteiger partial charge < -0.3 is 0 Å². The van der Waals surface area contributed by atoms with Crippen LogP contribution in [0.4, 0.5) is 0 Å². The molecular weight excluding hydrogens is 217 g/mol. The van der Waals surface area contributed by atoms with Gasteiger partial charge in [-0.25, -0.2) is 0 Å². The average Bonchev–Trinajstić information content (AvgIpc) is 2.18. The molecule has 0 atom stereocenters. The third-order valence-corrected chi connectivity index (χ3v) is 2.12. The molecule has 0 saturated carbocycles. The van der Waals surface area contributed by atoms with Crippen LogP contribution in [0, 0.1) is 0 Å². The third kappa shape index (κ3) is 8.61. The van der Waals surface area contributed by atoms with Crippen molar-refractivity contribution in [3.05, 3.63) is 24.3 Å². The molecule has 0 fully saturated rings. The van der Waals surface area contributed by atoms with Gasteiger partial charge in [-0.15, -0.1) is 23.2 Å².